The molecule has 0 amide bonds. The third kappa shape index (κ3) is 10.2. The molecule has 7 heteroatoms. The standard InChI is InChI=1S/C22H40O2Si.C19H32O2.CH2Cl2/c1-20(2,24-25(4,5)6)12-8-14-22(15-16-22)19-11-10-17-18(23)9-7-13-21(17,19)3;1-17(2,21)9-5-11-19(12-13-19)16-8-7-14-15(20)6-4-10-18(14,16)3;2-1-3/h17,19H,7-16H2,1-6H3;14,16,21H,4-13H2,1-3H3;1H2/t17?,19?,21-;14?,16?,18-;/m00./s1/i2*1D3,2D3;. The van der Waals surface area contributed by atoms with E-state index >= 15 is 0 Å². The van der Waals surface area contributed by atoms with Crippen LogP contribution >= 0.6 is 23.2 Å². The van der Waals surface area contributed by atoms with Gasteiger partial charge in [-0.1, -0.05) is 26.7 Å². The second-order valence-electron chi connectivity index (χ2n) is 18.5. The van der Waals surface area contributed by atoms with Crippen LogP contribution in [-0.2, 0) is 14.0 Å². The van der Waals surface area contributed by atoms with Crippen molar-refractivity contribution >= 4 is 43.1 Å². The normalized spacial score (nSPS) is 39.3. The molecule has 49 heavy (non-hydrogen) atoms. The molecular formula is C42H74Cl2O4Si. The molecule has 0 bridgehead atoms. The highest BCUT2D eigenvalue weighted by Gasteiger charge is 2.62. The summed E-state index contributed by atoms with van der Waals surface area (Å²) in [5, 5.41) is 10.7. The Morgan fingerprint density at radius 2 is 1.18 bits per heavy atom. The van der Waals surface area contributed by atoms with E-state index in [-0.39, 0.29) is 51.7 Å². The number of Topliss-reactive ketones (excluding diaryl/α,β-unsaturated/α-hetero) is 2. The van der Waals surface area contributed by atoms with E-state index < -0.39 is 46.9 Å². The summed E-state index contributed by atoms with van der Waals surface area (Å²) in [5.74, 6) is 2.12. The van der Waals surface area contributed by atoms with Crippen molar-refractivity contribution in [3.8, 4) is 0 Å². The summed E-state index contributed by atoms with van der Waals surface area (Å²) >= 11 is 9.53. The van der Waals surface area contributed by atoms with Crippen LogP contribution in [0.25, 0.3) is 0 Å². The highest BCUT2D eigenvalue weighted by molar-refractivity contribution is 6.69. The first-order valence-corrected chi connectivity index (χ1v) is 23.7. The van der Waals surface area contributed by atoms with Gasteiger partial charge in [-0.2, -0.15) is 0 Å². The number of aliphatic hydroxyl groups is 1. The summed E-state index contributed by atoms with van der Waals surface area (Å²) in [6.45, 7) is -1.19. The van der Waals surface area contributed by atoms with Crippen molar-refractivity contribution in [2.45, 2.75) is 201 Å². The van der Waals surface area contributed by atoms with Crippen LogP contribution in [0.1, 0.15) is 186 Å². The lowest BCUT2D eigenvalue weighted by molar-refractivity contribution is -0.131. The second-order valence-corrected chi connectivity index (χ2v) is 23.7. The maximum absolute atomic E-state index is 12.5. The number of fused-ring (bicyclic) bond motifs is 2. The van der Waals surface area contributed by atoms with Crippen molar-refractivity contribution in [3.63, 3.8) is 0 Å². The molecule has 4 unspecified atom stereocenters. The summed E-state index contributed by atoms with van der Waals surface area (Å²) < 4.78 is 99.7. The maximum Gasteiger partial charge on any atom is 0.184 e. The number of hydrogen-bond donors (Lipinski definition) is 1. The largest absolute Gasteiger partial charge is 0.413 e. The first kappa shape index (κ1) is 27.6. The Hall–Kier alpha value is 0.0569. The van der Waals surface area contributed by atoms with Crippen molar-refractivity contribution in [3.05, 3.63) is 0 Å². The lowest BCUT2D eigenvalue weighted by Crippen LogP contribution is -2.40. The Labute approximate surface area is 329 Å². The number of hydrogen-bond acceptors (Lipinski definition) is 4. The fraction of sp³-hybridized carbons (Fsp3) is 0.952. The van der Waals surface area contributed by atoms with Crippen molar-refractivity contribution in [1.82, 2.24) is 0 Å². The molecule has 6 aliphatic rings. The van der Waals surface area contributed by atoms with Crippen LogP contribution in [0, 0.1) is 45.3 Å². The molecule has 0 radical (unpaired) electrons. The van der Waals surface area contributed by atoms with Crippen molar-refractivity contribution in [1.29, 1.82) is 0 Å². The van der Waals surface area contributed by atoms with Crippen LogP contribution in [0.15, 0.2) is 0 Å². The van der Waals surface area contributed by atoms with Gasteiger partial charge in [0.15, 0.2) is 8.32 Å². The third-order valence-corrected chi connectivity index (χ3v) is 14.8. The van der Waals surface area contributed by atoms with E-state index in [0.717, 1.165) is 89.9 Å². The Bertz CT molecular complexity index is 1510. The van der Waals surface area contributed by atoms with Gasteiger partial charge in [0.1, 0.15) is 11.6 Å². The number of carbonyl (C=O) groups excluding carboxylic acids is 2. The van der Waals surface area contributed by atoms with Gasteiger partial charge in [-0.3, -0.25) is 9.59 Å². The zero-order valence-electron chi connectivity index (χ0n) is 43.1. The van der Waals surface area contributed by atoms with Crippen LogP contribution in [0.5, 0.6) is 0 Å². The summed E-state index contributed by atoms with van der Waals surface area (Å²) in [6, 6.07) is 0. The van der Waals surface area contributed by atoms with E-state index in [9.17, 15) is 14.7 Å². The Morgan fingerprint density at radius 3 is 1.55 bits per heavy atom. The molecule has 6 atom stereocenters. The summed E-state index contributed by atoms with van der Waals surface area (Å²) in [4.78, 5) is 24.9. The highest BCUT2D eigenvalue weighted by Crippen LogP contribution is 2.70. The van der Waals surface area contributed by atoms with Crippen molar-refractivity contribution in [2.75, 3.05) is 5.34 Å². The minimum Gasteiger partial charge on any atom is -0.413 e. The van der Waals surface area contributed by atoms with Gasteiger partial charge in [0, 0.05) is 41.1 Å². The number of alkyl halides is 2. The van der Waals surface area contributed by atoms with Gasteiger partial charge in [0.2, 0.25) is 0 Å². The van der Waals surface area contributed by atoms with E-state index in [0.29, 0.717) is 49.1 Å². The molecular weight excluding hydrogens is 667 g/mol. The Balaban J connectivity index is 0.000000254. The van der Waals surface area contributed by atoms with Gasteiger partial charge in [0.25, 0.3) is 0 Å². The van der Waals surface area contributed by atoms with Gasteiger partial charge in [-0.25, -0.2) is 0 Å². The van der Waals surface area contributed by atoms with Crippen molar-refractivity contribution in [2.24, 2.45) is 45.3 Å². The quantitative estimate of drug-likeness (QED) is 0.159. The molecule has 0 aromatic carbocycles. The smallest absolute Gasteiger partial charge is 0.184 e. The zero-order chi connectivity index (χ0) is 46.5. The highest BCUT2D eigenvalue weighted by atomic mass is 35.5. The Kier molecular flexibility index (Phi) is 8.91. The van der Waals surface area contributed by atoms with Gasteiger partial charge in [-0.15, -0.1) is 23.2 Å². The van der Waals surface area contributed by atoms with Crippen LogP contribution in [0.4, 0.5) is 0 Å². The fourth-order valence-corrected chi connectivity index (χ4v) is 12.8. The molecule has 0 heterocycles. The number of ketones is 2. The predicted molar refractivity (Wildman–Crippen MR) is 209 cm³/mol. The van der Waals surface area contributed by atoms with Gasteiger partial charge in [0.05, 0.1) is 16.5 Å². The first-order chi connectivity index (χ1) is 27.7. The molecule has 0 aliphatic heterocycles. The molecule has 4 nitrogen and oxygen atoms in total. The van der Waals surface area contributed by atoms with Gasteiger partial charge < -0.3 is 9.53 Å². The van der Waals surface area contributed by atoms with Crippen LogP contribution in [0.2, 0.25) is 19.6 Å². The maximum atomic E-state index is 12.5. The average Bonchev–Trinajstić information content (AvgIpc) is 3.98. The van der Waals surface area contributed by atoms with E-state index in [4.69, 9.17) is 44.1 Å². The van der Waals surface area contributed by atoms with Gasteiger partial charge >= 0.3 is 0 Å². The molecule has 0 aromatic rings. The predicted octanol–water partition coefficient (Wildman–Crippen LogP) is 12.3. The van der Waals surface area contributed by atoms with Crippen LogP contribution in [0.3, 0.4) is 0 Å². The lowest BCUT2D eigenvalue weighted by Gasteiger charge is -2.43. The van der Waals surface area contributed by atoms with E-state index in [2.05, 4.69) is 13.8 Å². The SMILES string of the molecule is ClCCl.[2H]C([2H])([2H])C(CCCC1(C2CCC3C(=O)CCC[C@@]32C)CC1)(O[Si](C)(C)C)C([2H])([2H])[2H].[2H]C([2H])([2H])C(O)(CCCC1(C2CCC3C(=O)CCC[C@@]32C)CC1)C([2H])([2H])[2H]. The second kappa shape index (κ2) is 15.8. The molecule has 284 valence electrons. The fourth-order valence-electron chi connectivity index (χ4n) is 11.7. The molecule has 0 aromatic heterocycles. The summed E-state index contributed by atoms with van der Waals surface area (Å²) in [7, 11) is -2.42. The Morgan fingerprint density at radius 1 is 0.755 bits per heavy atom. The van der Waals surface area contributed by atoms with Crippen LogP contribution < -0.4 is 0 Å². The molecule has 6 rings (SSSR count). The first-order valence-electron chi connectivity index (χ1n) is 25.3. The molecule has 0 spiro atoms. The van der Waals surface area contributed by atoms with Gasteiger partial charge in [-0.05, 0) is 183 Å². The monoisotopic (exact) mass is 753 g/mol. The number of halogens is 2. The third-order valence-electron chi connectivity index (χ3n) is 13.9. The topological polar surface area (TPSA) is 63.6 Å². The lowest BCUT2D eigenvalue weighted by atomic mass is 9.60. The summed E-state index contributed by atoms with van der Waals surface area (Å²) in [5.41, 5.74) is -4.41. The molecule has 6 aliphatic carbocycles. The zero-order valence-corrected chi connectivity index (χ0v) is 33.6. The van der Waals surface area contributed by atoms with Crippen molar-refractivity contribution < 1.29 is 35.6 Å². The van der Waals surface area contributed by atoms with E-state index in [1.807, 2.05) is 19.6 Å². The van der Waals surface area contributed by atoms with E-state index in [1.54, 1.807) is 0 Å². The molecule has 1 N–H and O–H groups in total. The minimum absolute atomic E-state index is 0.0256. The minimum atomic E-state index is -2.94. The summed E-state index contributed by atoms with van der Waals surface area (Å²) in [6.07, 6.45) is 16.2. The number of carbonyl (C=O) groups is 2. The number of rotatable bonds is 12. The molecule has 6 saturated carbocycles. The van der Waals surface area contributed by atoms with Crippen LogP contribution in [-0.4, -0.2) is 41.5 Å². The average molecular weight is 754 g/mol. The van der Waals surface area contributed by atoms with E-state index in [1.165, 1.54) is 0 Å². The molecule has 0 saturated heterocycles. The molecule has 6 fully saturated rings.